The van der Waals surface area contributed by atoms with Crippen LogP contribution < -0.4 is 5.32 Å². The molecule has 3 rings (SSSR count). The molecule has 2 aromatic rings. The molecule has 0 radical (unpaired) electrons. The zero-order chi connectivity index (χ0) is 13.2. The second-order valence-corrected chi connectivity index (χ2v) is 7.05. The topological polar surface area (TPSA) is 12.0 Å². The van der Waals surface area contributed by atoms with Crippen molar-refractivity contribution in [1.82, 2.24) is 5.32 Å². The van der Waals surface area contributed by atoms with Gasteiger partial charge in [0.1, 0.15) is 0 Å². The Bertz CT molecular complexity index is 559. The Morgan fingerprint density at radius 1 is 1.32 bits per heavy atom. The summed E-state index contributed by atoms with van der Waals surface area (Å²) in [4.78, 5) is 1.36. The third kappa shape index (κ3) is 2.78. The number of hydrogen-bond donors (Lipinski definition) is 1. The van der Waals surface area contributed by atoms with Gasteiger partial charge >= 0.3 is 0 Å². The normalized spacial score (nSPS) is 17.2. The third-order valence-corrected chi connectivity index (χ3v) is 5.74. The molecule has 0 saturated heterocycles. The molecule has 1 nitrogen and oxygen atoms in total. The number of rotatable bonds is 4. The Hall–Kier alpha value is -0.640. The fraction of sp³-hybridized carbons (Fsp3) is 0.375. The van der Waals surface area contributed by atoms with E-state index in [-0.39, 0.29) is 0 Å². The second-order valence-electron chi connectivity index (χ2n) is 5.19. The minimum atomic E-state index is 0.302. The van der Waals surface area contributed by atoms with Crippen molar-refractivity contribution < 1.29 is 0 Å². The van der Waals surface area contributed by atoms with Gasteiger partial charge in [0.15, 0.2) is 0 Å². The Labute approximate surface area is 127 Å². The Kier molecular flexibility index (Phi) is 4.06. The van der Waals surface area contributed by atoms with Gasteiger partial charge in [-0.1, -0.05) is 30.7 Å². The van der Waals surface area contributed by atoms with E-state index in [1.54, 1.807) is 11.3 Å². The summed E-state index contributed by atoms with van der Waals surface area (Å²) in [6.07, 6.45) is 4.11. The van der Waals surface area contributed by atoms with Crippen molar-refractivity contribution in [3.63, 3.8) is 0 Å². The molecule has 19 heavy (non-hydrogen) atoms. The molecule has 0 amide bonds. The van der Waals surface area contributed by atoms with Crippen LogP contribution in [0.5, 0.6) is 0 Å². The predicted molar refractivity (Wildman–Crippen MR) is 86.0 cm³/mol. The van der Waals surface area contributed by atoms with Crippen molar-refractivity contribution in [2.24, 2.45) is 0 Å². The van der Waals surface area contributed by atoms with Crippen LogP contribution in [-0.2, 0) is 0 Å². The van der Waals surface area contributed by atoms with Crippen LogP contribution in [0.1, 0.15) is 47.2 Å². The zero-order valence-electron chi connectivity index (χ0n) is 11.0. The van der Waals surface area contributed by atoms with Gasteiger partial charge in [-0.2, -0.15) is 0 Å². The first-order valence-corrected chi connectivity index (χ1v) is 8.46. The van der Waals surface area contributed by atoms with E-state index in [2.05, 4.69) is 57.0 Å². The largest absolute Gasteiger partial charge is 0.309 e. The molecular formula is C16H18BrNS. The van der Waals surface area contributed by atoms with Gasteiger partial charge in [0, 0.05) is 14.7 Å². The summed E-state index contributed by atoms with van der Waals surface area (Å²) in [5.41, 5.74) is 2.89. The molecule has 0 aliphatic heterocycles. The standard InChI is InChI=1S/C16H18BrNS/c1-18-16(15-9-14(17)10-19-15)13-7-3-6-12(8-13)11-4-2-5-11/h3,6-11,16,18H,2,4-5H2,1H3. The third-order valence-electron chi connectivity index (χ3n) is 3.98. The molecule has 1 fully saturated rings. The van der Waals surface area contributed by atoms with E-state index in [0.717, 1.165) is 5.92 Å². The van der Waals surface area contributed by atoms with Crippen LogP contribution in [0, 0.1) is 0 Å². The molecule has 0 spiro atoms. The highest BCUT2D eigenvalue weighted by Crippen LogP contribution is 2.38. The highest BCUT2D eigenvalue weighted by atomic mass is 79.9. The molecule has 1 aromatic heterocycles. The van der Waals surface area contributed by atoms with Crippen molar-refractivity contribution in [3.8, 4) is 0 Å². The van der Waals surface area contributed by atoms with E-state index in [9.17, 15) is 0 Å². The summed E-state index contributed by atoms with van der Waals surface area (Å²) in [5, 5.41) is 5.59. The first kappa shape index (κ1) is 13.3. The minimum absolute atomic E-state index is 0.302. The lowest BCUT2D eigenvalue weighted by molar-refractivity contribution is 0.419. The van der Waals surface area contributed by atoms with Gasteiger partial charge in [0.2, 0.25) is 0 Å². The molecule has 3 heteroatoms. The van der Waals surface area contributed by atoms with Crippen molar-refractivity contribution in [2.75, 3.05) is 7.05 Å². The molecule has 1 atom stereocenters. The van der Waals surface area contributed by atoms with Crippen LogP contribution in [0.25, 0.3) is 0 Å². The fourth-order valence-corrected chi connectivity index (χ4v) is 4.27. The van der Waals surface area contributed by atoms with Crippen molar-refractivity contribution in [2.45, 2.75) is 31.2 Å². The molecule has 100 valence electrons. The smallest absolute Gasteiger partial charge is 0.0669 e. The van der Waals surface area contributed by atoms with E-state index in [0.29, 0.717) is 6.04 Å². The molecule has 1 aromatic carbocycles. The van der Waals surface area contributed by atoms with Gasteiger partial charge in [-0.05, 0) is 58.9 Å². The Balaban J connectivity index is 1.90. The average molecular weight is 336 g/mol. The maximum Gasteiger partial charge on any atom is 0.0669 e. The monoisotopic (exact) mass is 335 g/mol. The van der Waals surface area contributed by atoms with Gasteiger partial charge in [0.05, 0.1) is 6.04 Å². The van der Waals surface area contributed by atoms with E-state index in [1.807, 2.05) is 7.05 Å². The van der Waals surface area contributed by atoms with Gasteiger partial charge in [0.25, 0.3) is 0 Å². The highest BCUT2D eigenvalue weighted by molar-refractivity contribution is 9.10. The van der Waals surface area contributed by atoms with Crippen LogP contribution >= 0.6 is 27.3 Å². The number of benzene rings is 1. The van der Waals surface area contributed by atoms with Gasteiger partial charge in [-0.3, -0.25) is 0 Å². The number of thiophene rings is 1. The summed E-state index contributed by atoms with van der Waals surface area (Å²) < 4.78 is 1.17. The van der Waals surface area contributed by atoms with Crippen LogP contribution in [0.2, 0.25) is 0 Å². The molecule has 1 N–H and O–H groups in total. The Morgan fingerprint density at radius 3 is 2.74 bits per heavy atom. The van der Waals surface area contributed by atoms with Gasteiger partial charge < -0.3 is 5.32 Å². The number of nitrogens with one attached hydrogen (secondary N) is 1. The summed E-state index contributed by atoms with van der Waals surface area (Å²) in [5.74, 6) is 0.799. The summed E-state index contributed by atoms with van der Waals surface area (Å²) in [6.45, 7) is 0. The van der Waals surface area contributed by atoms with Crippen molar-refractivity contribution in [1.29, 1.82) is 0 Å². The molecule has 1 heterocycles. The molecule has 1 unspecified atom stereocenters. The predicted octanol–water partition coefficient (Wildman–Crippen LogP) is 5.09. The molecular weight excluding hydrogens is 318 g/mol. The van der Waals surface area contributed by atoms with Crippen molar-refractivity contribution in [3.05, 3.63) is 56.2 Å². The zero-order valence-corrected chi connectivity index (χ0v) is 13.4. The van der Waals surface area contributed by atoms with Crippen LogP contribution in [0.4, 0.5) is 0 Å². The van der Waals surface area contributed by atoms with Crippen LogP contribution in [0.15, 0.2) is 40.2 Å². The molecule has 0 bridgehead atoms. The van der Waals surface area contributed by atoms with E-state index < -0.39 is 0 Å². The van der Waals surface area contributed by atoms with E-state index >= 15 is 0 Å². The van der Waals surface area contributed by atoms with Crippen LogP contribution in [-0.4, -0.2) is 7.05 Å². The molecule has 1 aliphatic rings. The quantitative estimate of drug-likeness (QED) is 0.820. The number of halogens is 1. The Morgan fingerprint density at radius 2 is 2.16 bits per heavy atom. The summed E-state index contributed by atoms with van der Waals surface area (Å²) >= 11 is 5.34. The van der Waals surface area contributed by atoms with E-state index in [1.165, 1.54) is 39.7 Å². The lowest BCUT2D eigenvalue weighted by Gasteiger charge is -2.27. The maximum atomic E-state index is 3.54. The average Bonchev–Trinajstić information content (AvgIpc) is 2.75. The first-order valence-electron chi connectivity index (χ1n) is 6.79. The number of hydrogen-bond acceptors (Lipinski definition) is 2. The minimum Gasteiger partial charge on any atom is -0.309 e. The maximum absolute atomic E-state index is 3.54. The van der Waals surface area contributed by atoms with Crippen molar-refractivity contribution >= 4 is 27.3 Å². The second kappa shape index (κ2) is 5.78. The lowest BCUT2D eigenvalue weighted by Crippen LogP contribution is -2.17. The fourth-order valence-electron chi connectivity index (χ4n) is 2.69. The van der Waals surface area contributed by atoms with E-state index in [4.69, 9.17) is 0 Å². The lowest BCUT2D eigenvalue weighted by atomic mass is 9.79. The van der Waals surface area contributed by atoms with Gasteiger partial charge in [-0.15, -0.1) is 11.3 Å². The highest BCUT2D eigenvalue weighted by Gasteiger charge is 2.21. The first-order chi connectivity index (χ1) is 9.28. The van der Waals surface area contributed by atoms with Gasteiger partial charge in [-0.25, -0.2) is 0 Å². The molecule has 1 saturated carbocycles. The summed E-state index contributed by atoms with van der Waals surface area (Å²) in [7, 11) is 2.04. The summed E-state index contributed by atoms with van der Waals surface area (Å²) in [6, 6.07) is 11.6. The van der Waals surface area contributed by atoms with Crippen LogP contribution in [0.3, 0.4) is 0 Å². The SMILES string of the molecule is CNC(c1cccc(C2CCC2)c1)c1cc(Br)cs1. The molecule has 1 aliphatic carbocycles.